The molecule has 104 valence electrons. The lowest BCUT2D eigenvalue weighted by Crippen LogP contribution is -2.43. The summed E-state index contributed by atoms with van der Waals surface area (Å²) >= 11 is 3.43. The third-order valence-corrected chi connectivity index (χ3v) is 5.16. The van der Waals surface area contributed by atoms with Crippen molar-refractivity contribution in [3.63, 3.8) is 0 Å². The van der Waals surface area contributed by atoms with E-state index in [1.165, 1.54) is 0 Å². The topological polar surface area (TPSA) is 41.1 Å². The molecule has 1 aromatic carbocycles. The molecule has 2 unspecified atom stereocenters. The third kappa shape index (κ3) is 3.06. The first-order valence-corrected chi connectivity index (χ1v) is 8.58. The van der Waals surface area contributed by atoms with Gasteiger partial charge in [-0.2, -0.15) is 0 Å². The van der Waals surface area contributed by atoms with Gasteiger partial charge in [0.25, 0.3) is 0 Å². The molecule has 1 aliphatic rings. The predicted molar refractivity (Wildman–Crippen MR) is 85.0 cm³/mol. The quantitative estimate of drug-likeness (QED) is 0.912. The summed E-state index contributed by atoms with van der Waals surface area (Å²) in [6.07, 6.45) is 0. The highest BCUT2D eigenvalue weighted by Crippen LogP contribution is 2.26. The van der Waals surface area contributed by atoms with Gasteiger partial charge >= 0.3 is 0 Å². The number of thioether (sulfide) groups is 1. The van der Waals surface area contributed by atoms with Crippen LogP contribution in [0.2, 0.25) is 0 Å². The van der Waals surface area contributed by atoms with E-state index in [0.29, 0.717) is 0 Å². The minimum atomic E-state index is -0.0776. The van der Waals surface area contributed by atoms with Crippen LogP contribution in [0.5, 0.6) is 0 Å². The van der Waals surface area contributed by atoms with E-state index in [2.05, 4.69) is 28.8 Å². The number of hydrogen-bond acceptors (Lipinski definition) is 4. The fraction of sp³-hybridized carbons (Fsp3) is 0.267. The van der Waals surface area contributed by atoms with E-state index >= 15 is 0 Å². The molecule has 1 aliphatic heterocycles. The van der Waals surface area contributed by atoms with Gasteiger partial charge in [-0.15, -0.1) is 23.1 Å². The second-order valence-electron chi connectivity index (χ2n) is 4.64. The highest BCUT2D eigenvalue weighted by molar-refractivity contribution is 7.99. The van der Waals surface area contributed by atoms with Gasteiger partial charge in [0.2, 0.25) is 5.91 Å². The monoisotopic (exact) mass is 304 g/mol. The molecule has 0 bridgehead atoms. The number of rotatable bonds is 4. The lowest BCUT2D eigenvalue weighted by molar-refractivity contribution is -0.122. The van der Waals surface area contributed by atoms with E-state index in [4.69, 9.17) is 0 Å². The van der Waals surface area contributed by atoms with Crippen molar-refractivity contribution >= 4 is 29.0 Å². The molecular weight excluding hydrogens is 288 g/mol. The maximum atomic E-state index is 12.3. The molecule has 0 saturated carbocycles. The largest absolute Gasteiger partial charge is 0.343 e. The number of carbonyl (C=O) groups is 1. The zero-order valence-corrected chi connectivity index (χ0v) is 12.5. The molecular formula is C15H16N2OS2. The SMILES string of the molecule is O=C(NC(c1ccccc1)c1cccs1)C1CSCN1. The molecule has 0 radical (unpaired) electrons. The van der Waals surface area contributed by atoms with Crippen molar-refractivity contribution in [2.75, 3.05) is 11.6 Å². The molecule has 1 fully saturated rings. The Balaban J connectivity index is 1.81. The van der Waals surface area contributed by atoms with Gasteiger partial charge in [0.05, 0.1) is 12.1 Å². The Hall–Kier alpha value is -1.30. The maximum absolute atomic E-state index is 12.3. The van der Waals surface area contributed by atoms with E-state index in [-0.39, 0.29) is 18.0 Å². The summed E-state index contributed by atoms with van der Waals surface area (Å²) in [4.78, 5) is 13.5. The maximum Gasteiger partial charge on any atom is 0.238 e. The number of nitrogens with one attached hydrogen (secondary N) is 2. The fourth-order valence-electron chi connectivity index (χ4n) is 2.23. The van der Waals surface area contributed by atoms with Gasteiger partial charge in [0, 0.05) is 16.5 Å². The molecule has 2 aromatic rings. The van der Waals surface area contributed by atoms with Gasteiger partial charge in [-0.25, -0.2) is 0 Å². The molecule has 2 N–H and O–H groups in total. The Morgan fingerprint density at radius 1 is 1.25 bits per heavy atom. The van der Waals surface area contributed by atoms with Crippen molar-refractivity contribution in [2.24, 2.45) is 0 Å². The number of thiophene rings is 1. The van der Waals surface area contributed by atoms with E-state index in [9.17, 15) is 4.79 Å². The van der Waals surface area contributed by atoms with E-state index in [1.807, 2.05) is 29.6 Å². The number of amides is 1. The van der Waals surface area contributed by atoms with Gasteiger partial charge in [0.15, 0.2) is 0 Å². The second-order valence-corrected chi connectivity index (χ2v) is 6.65. The first-order chi connectivity index (χ1) is 9.84. The summed E-state index contributed by atoms with van der Waals surface area (Å²) < 4.78 is 0. The van der Waals surface area contributed by atoms with Crippen molar-refractivity contribution in [2.45, 2.75) is 12.1 Å². The molecule has 20 heavy (non-hydrogen) atoms. The zero-order chi connectivity index (χ0) is 13.8. The van der Waals surface area contributed by atoms with Crippen LogP contribution in [0.4, 0.5) is 0 Å². The van der Waals surface area contributed by atoms with Crippen LogP contribution >= 0.6 is 23.1 Å². The molecule has 2 atom stereocenters. The minimum absolute atomic E-state index is 0.0592. The molecule has 1 amide bonds. The Kier molecular flexibility index (Phi) is 4.40. The van der Waals surface area contributed by atoms with Crippen LogP contribution in [0, 0.1) is 0 Å². The van der Waals surface area contributed by atoms with Crippen LogP contribution in [0.3, 0.4) is 0 Å². The highest BCUT2D eigenvalue weighted by Gasteiger charge is 2.26. The molecule has 0 aliphatic carbocycles. The second kappa shape index (κ2) is 6.43. The molecule has 3 nitrogen and oxygen atoms in total. The normalized spacial score (nSPS) is 19.7. The molecule has 0 spiro atoms. The summed E-state index contributed by atoms with van der Waals surface area (Å²) in [5, 5.41) is 8.43. The number of carbonyl (C=O) groups excluding carboxylic acids is 1. The van der Waals surface area contributed by atoms with Crippen LogP contribution in [-0.4, -0.2) is 23.6 Å². The molecule has 1 aromatic heterocycles. The molecule has 1 saturated heterocycles. The van der Waals surface area contributed by atoms with Crippen LogP contribution < -0.4 is 10.6 Å². The molecule has 2 heterocycles. The third-order valence-electron chi connectivity index (χ3n) is 3.28. The van der Waals surface area contributed by atoms with Crippen LogP contribution in [0.1, 0.15) is 16.5 Å². The Labute approximate surface area is 126 Å². The van der Waals surface area contributed by atoms with Gasteiger partial charge < -0.3 is 5.32 Å². The van der Waals surface area contributed by atoms with Crippen molar-refractivity contribution in [3.05, 3.63) is 58.3 Å². The lowest BCUT2D eigenvalue weighted by Gasteiger charge is -2.20. The Morgan fingerprint density at radius 3 is 2.75 bits per heavy atom. The van der Waals surface area contributed by atoms with Gasteiger partial charge in [-0.3, -0.25) is 10.1 Å². The van der Waals surface area contributed by atoms with Crippen LogP contribution in [0.25, 0.3) is 0 Å². The first-order valence-electron chi connectivity index (χ1n) is 6.54. The highest BCUT2D eigenvalue weighted by atomic mass is 32.2. The van der Waals surface area contributed by atoms with Gasteiger partial charge in [0.1, 0.15) is 0 Å². The average Bonchev–Trinajstić information content (AvgIpc) is 3.18. The van der Waals surface area contributed by atoms with Crippen LogP contribution in [0.15, 0.2) is 47.8 Å². The van der Waals surface area contributed by atoms with Crippen LogP contribution in [-0.2, 0) is 4.79 Å². The average molecular weight is 304 g/mol. The summed E-state index contributed by atoms with van der Waals surface area (Å²) in [6, 6.07) is 14.1. The van der Waals surface area contributed by atoms with E-state index < -0.39 is 0 Å². The Morgan fingerprint density at radius 2 is 2.10 bits per heavy atom. The summed E-state index contributed by atoms with van der Waals surface area (Å²) in [7, 11) is 0. The summed E-state index contributed by atoms with van der Waals surface area (Å²) in [5.41, 5.74) is 1.12. The van der Waals surface area contributed by atoms with Crippen molar-refractivity contribution < 1.29 is 4.79 Å². The standard InChI is InChI=1S/C15H16N2OS2/c18-15(12-9-19-10-16-12)17-14(13-7-4-8-20-13)11-5-2-1-3-6-11/h1-8,12,14,16H,9-10H2,(H,17,18). The molecule has 3 rings (SSSR count). The fourth-order valence-corrected chi connectivity index (χ4v) is 3.97. The smallest absolute Gasteiger partial charge is 0.238 e. The Bertz CT molecular complexity index is 551. The van der Waals surface area contributed by atoms with Crippen molar-refractivity contribution in [3.8, 4) is 0 Å². The predicted octanol–water partition coefficient (Wildman–Crippen LogP) is 2.62. The summed E-state index contributed by atoms with van der Waals surface area (Å²) in [5.74, 6) is 1.78. The minimum Gasteiger partial charge on any atom is -0.343 e. The summed E-state index contributed by atoms with van der Waals surface area (Å²) in [6.45, 7) is 0. The van der Waals surface area contributed by atoms with E-state index in [1.54, 1.807) is 23.1 Å². The van der Waals surface area contributed by atoms with E-state index in [0.717, 1.165) is 22.1 Å². The molecule has 5 heteroatoms. The first kappa shape index (κ1) is 13.7. The van der Waals surface area contributed by atoms with Gasteiger partial charge in [-0.1, -0.05) is 36.4 Å². The zero-order valence-electron chi connectivity index (χ0n) is 10.9. The van der Waals surface area contributed by atoms with Crippen molar-refractivity contribution in [1.82, 2.24) is 10.6 Å². The van der Waals surface area contributed by atoms with Crippen molar-refractivity contribution in [1.29, 1.82) is 0 Å². The number of hydrogen-bond donors (Lipinski definition) is 2. The number of benzene rings is 1. The van der Waals surface area contributed by atoms with Gasteiger partial charge in [-0.05, 0) is 17.0 Å². The lowest BCUT2D eigenvalue weighted by atomic mass is 10.0.